The van der Waals surface area contributed by atoms with Crippen molar-refractivity contribution in [2.45, 2.75) is 13.5 Å². The zero-order valence-electron chi connectivity index (χ0n) is 8.70. The number of hydrogen-bond acceptors (Lipinski definition) is 5. The lowest BCUT2D eigenvalue weighted by atomic mass is 10.4. The fourth-order valence-electron chi connectivity index (χ4n) is 1.23. The van der Waals surface area contributed by atoms with Gasteiger partial charge in [-0.05, 0) is 19.1 Å². The summed E-state index contributed by atoms with van der Waals surface area (Å²) in [6.45, 7) is 2.63. The van der Waals surface area contributed by atoms with Crippen molar-refractivity contribution in [3.05, 3.63) is 33.4 Å². The molecule has 0 aliphatic heterocycles. The highest BCUT2D eigenvalue weighted by molar-refractivity contribution is 7.11. The molecule has 2 aromatic rings. The van der Waals surface area contributed by atoms with Crippen molar-refractivity contribution in [3.63, 3.8) is 0 Å². The molecule has 2 rings (SSSR count). The van der Waals surface area contributed by atoms with Crippen LogP contribution in [-0.2, 0) is 6.54 Å². The number of nitrogens with zero attached hydrogens (tertiary/aromatic N) is 2. The van der Waals surface area contributed by atoms with Gasteiger partial charge >= 0.3 is 0 Å². The van der Waals surface area contributed by atoms with Crippen LogP contribution in [0.5, 0.6) is 0 Å². The molecule has 16 heavy (non-hydrogen) atoms. The third-order valence-electron chi connectivity index (χ3n) is 1.97. The van der Waals surface area contributed by atoms with Crippen LogP contribution in [-0.4, -0.2) is 9.97 Å². The van der Waals surface area contributed by atoms with E-state index in [1.807, 2.05) is 13.1 Å². The Morgan fingerprint density at radius 3 is 3.00 bits per heavy atom. The van der Waals surface area contributed by atoms with Gasteiger partial charge in [-0.15, -0.1) is 11.3 Å². The van der Waals surface area contributed by atoms with Crippen molar-refractivity contribution in [1.29, 1.82) is 0 Å². The first-order valence-corrected chi connectivity index (χ1v) is 5.92. The number of nitrogens with two attached hydrogens (primary N) is 1. The number of hydrogen-bond donors (Lipinski definition) is 2. The first-order chi connectivity index (χ1) is 7.65. The van der Waals surface area contributed by atoms with Crippen molar-refractivity contribution in [2.75, 3.05) is 11.1 Å². The number of aromatic nitrogens is 2. The summed E-state index contributed by atoms with van der Waals surface area (Å²) in [4.78, 5) is 9.52. The predicted molar refractivity (Wildman–Crippen MR) is 67.8 cm³/mol. The number of rotatable bonds is 3. The maximum atomic E-state index is 5.78. The van der Waals surface area contributed by atoms with E-state index >= 15 is 0 Å². The lowest BCUT2D eigenvalue weighted by molar-refractivity contribution is 1.08. The molecular formula is C10H11ClN4S. The lowest BCUT2D eigenvalue weighted by Crippen LogP contribution is -2.04. The minimum atomic E-state index is 0.423. The number of halogens is 1. The molecule has 0 saturated heterocycles. The van der Waals surface area contributed by atoms with E-state index in [0.717, 1.165) is 5.01 Å². The van der Waals surface area contributed by atoms with Gasteiger partial charge in [0, 0.05) is 11.1 Å². The van der Waals surface area contributed by atoms with Gasteiger partial charge in [0.25, 0.3) is 0 Å². The van der Waals surface area contributed by atoms with Crippen LogP contribution in [0.2, 0.25) is 5.15 Å². The van der Waals surface area contributed by atoms with E-state index in [9.17, 15) is 0 Å². The molecule has 0 saturated carbocycles. The SMILES string of the molecule is Cc1cnc(CNc2nc(Cl)ccc2N)s1. The molecule has 0 radical (unpaired) electrons. The number of thiazole rings is 1. The average molecular weight is 255 g/mol. The number of anilines is 2. The van der Waals surface area contributed by atoms with E-state index in [4.69, 9.17) is 17.3 Å². The molecule has 0 amide bonds. The quantitative estimate of drug-likeness (QED) is 0.827. The predicted octanol–water partition coefficient (Wildman–Crippen LogP) is 2.69. The van der Waals surface area contributed by atoms with Gasteiger partial charge in [-0.2, -0.15) is 0 Å². The van der Waals surface area contributed by atoms with Gasteiger partial charge in [0.2, 0.25) is 0 Å². The Hall–Kier alpha value is -1.33. The minimum absolute atomic E-state index is 0.423. The third kappa shape index (κ3) is 2.62. The van der Waals surface area contributed by atoms with Gasteiger partial charge in [0.05, 0.1) is 12.2 Å². The maximum absolute atomic E-state index is 5.78. The van der Waals surface area contributed by atoms with Crippen molar-refractivity contribution in [1.82, 2.24) is 9.97 Å². The summed E-state index contributed by atoms with van der Waals surface area (Å²) in [6.07, 6.45) is 1.84. The molecule has 2 heterocycles. The summed E-state index contributed by atoms with van der Waals surface area (Å²) in [5, 5.41) is 4.53. The molecule has 0 fully saturated rings. The van der Waals surface area contributed by atoms with Crippen LogP contribution in [0.3, 0.4) is 0 Å². The Morgan fingerprint density at radius 2 is 2.31 bits per heavy atom. The molecule has 0 unspecified atom stereocenters. The molecule has 84 valence electrons. The largest absolute Gasteiger partial charge is 0.396 e. The minimum Gasteiger partial charge on any atom is -0.396 e. The number of nitrogen functional groups attached to an aromatic ring is 1. The molecule has 6 heteroatoms. The van der Waals surface area contributed by atoms with Crippen LogP contribution in [0.4, 0.5) is 11.5 Å². The summed E-state index contributed by atoms with van der Waals surface area (Å²) < 4.78 is 0. The van der Waals surface area contributed by atoms with E-state index in [1.54, 1.807) is 23.5 Å². The van der Waals surface area contributed by atoms with Gasteiger partial charge in [-0.3, -0.25) is 0 Å². The van der Waals surface area contributed by atoms with Crippen LogP contribution in [0, 0.1) is 6.92 Å². The van der Waals surface area contributed by atoms with Crippen molar-refractivity contribution >= 4 is 34.4 Å². The standard InChI is InChI=1S/C10H11ClN4S/c1-6-4-13-9(16-6)5-14-10-7(12)2-3-8(11)15-10/h2-4H,5,12H2,1H3,(H,14,15). The number of nitrogens with one attached hydrogen (secondary N) is 1. The molecule has 0 aliphatic carbocycles. The van der Waals surface area contributed by atoms with E-state index in [2.05, 4.69) is 15.3 Å². The zero-order valence-corrected chi connectivity index (χ0v) is 10.3. The monoisotopic (exact) mass is 254 g/mol. The smallest absolute Gasteiger partial charge is 0.151 e. The number of pyridine rings is 1. The Morgan fingerprint density at radius 1 is 1.50 bits per heavy atom. The average Bonchev–Trinajstić information content (AvgIpc) is 2.66. The topological polar surface area (TPSA) is 63.8 Å². The highest BCUT2D eigenvalue weighted by atomic mass is 35.5. The van der Waals surface area contributed by atoms with Gasteiger partial charge in [-0.1, -0.05) is 11.6 Å². The fourth-order valence-corrected chi connectivity index (χ4v) is 2.10. The van der Waals surface area contributed by atoms with E-state index in [1.165, 1.54) is 4.88 Å². The molecule has 2 aromatic heterocycles. The van der Waals surface area contributed by atoms with Crippen LogP contribution >= 0.6 is 22.9 Å². The second-order valence-electron chi connectivity index (χ2n) is 3.29. The molecular weight excluding hydrogens is 244 g/mol. The van der Waals surface area contributed by atoms with Crippen molar-refractivity contribution in [3.8, 4) is 0 Å². The van der Waals surface area contributed by atoms with Crippen LogP contribution in [0.15, 0.2) is 18.3 Å². The molecule has 3 N–H and O–H groups in total. The highest BCUT2D eigenvalue weighted by Gasteiger charge is 2.03. The van der Waals surface area contributed by atoms with Gasteiger partial charge < -0.3 is 11.1 Å². The Kier molecular flexibility index (Phi) is 3.26. The molecule has 0 aromatic carbocycles. The first kappa shape index (κ1) is 11.2. The summed E-state index contributed by atoms with van der Waals surface area (Å²) in [6, 6.07) is 3.39. The van der Waals surface area contributed by atoms with Crippen LogP contribution in [0.25, 0.3) is 0 Å². The lowest BCUT2D eigenvalue weighted by Gasteiger charge is -2.06. The van der Waals surface area contributed by atoms with Crippen LogP contribution < -0.4 is 11.1 Å². The Labute approximate surface area is 102 Å². The highest BCUT2D eigenvalue weighted by Crippen LogP contribution is 2.20. The molecule has 0 bridgehead atoms. The van der Waals surface area contributed by atoms with Gasteiger partial charge in [0.15, 0.2) is 5.82 Å². The third-order valence-corrected chi connectivity index (χ3v) is 3.09. The molecule has 4 nitrogen and oxygen atoms in total. The van der Waals surface area contributed by atoms with E-state index in [-0.39, 0.29) is 0 Å². The molecule has 0 atom stereocenters. The summed E-state index contributed by atoms with van der Waals surface area (Å²) in [5.74, 6) is 0.598. The summed E-state index contributed by atoms with van der Waals surface area (Å²) in [7, 11) is 0. The second kappa shape index (κ2) is 4.67. The van der Waals surface area contributed by atoms with E-state index in [0.29, 0.717) is 23.2 Å². The van der Waals surface area contributed by atoms with Crippen LogP contribution in [0.1, 0.15) is 9.88 Å². The van der Waals surface area contributed by atoms with Gasteiger partial charge in [0.1, 0.15) is 10.2 Å². The summed E-state index contributed by atoms with van der Waals surface area (Å²) >= 11 is 7.42. The second-order valence-corrected chi connectivity index (χ2v) is 5.00. The first-order valence-electron chi connectivity index (χ1n) is 4.72. The van der Waals surface area contributed by atoms with Crippen molar-refractivity contribution < 1.29 is 0 Å². The number of aryl methyl sites for hydroxylation is 1. The zero-order chi connectivity index (χ0) is 11.5. The molecule has 0 spiro atoms. The normalized spacial score (nSPS) is 10.4. The van der Waals surface area contributed by atoms with E-state index < -0.39 is 0 Å². The van der Waals surface area contributed by atoms with Crippen molar-refractivity contribution in [2.24, 2.45) is 0 Å². The Bertz CT molecular complexity index is 497. The molecule has 0 aliphatic rings. The van der Waals surface area contributed by atoms with Gasteiger partial charge in [-0.25, -0.2) is 9.97 Å². The fraction of sp³-hybridized carbons (Fsp3) is 0.200. The Balaban J connectivity index is 2.07. The maximum Gasteiger partial charge on any atom is 0.151 e. The summed E-state index contributed by atoms with van der Waals surface area (Å²) in [5.41, 5.74) is 6.34.